The van der Waals surface area contributed by atoms with Crippen LogP contribution in [0.3, 0.4) is 0 Å². The lowest BCUT2D eigenvalue weighted by atomic mass is 9.99. The Balaban J connectivity index is 1.69. The summed E-state index contributed by atoms with van der Waals surface area (Å²) in [6, 6.07) is 10.5. The summed E-state index contributed by atoms with van der Waals surface area (Å²) in [6.45, 7) is 0. The molecule has 1 aliphatic carbocycles. The summed E-state index contributed by atoms with van der Waals surface area (Å²) >= 11 is 5.96. The minimum absolute atomic E-state index is 0.0986. The number of ketones is 1. The van der Waals surface area contributed by atoms with Crippen molar-refractivity contribution in [2.24, 2.45) is 0 Å². The van der Waals surface area contributed by atoms with E-state index in [4.69, 9.17) is 11.6 Å². The summed E-state index contributed by atoms with van der Waals surface area (Å²) in [4.78, 5) is 12.2. The Bertz CT molecular complexity index is 694. The van der Waals surface area contributed by atoms with Crippen LogP contribution in [0.2, 0.25) is 5.02 Å². The number of hydrogen-bond acceptors (Lipinski definition) is 1. The van der Waals surface area contributed by atoms with Crippen molar-refractivity contribution in [1.29, 1.82) is 0 Å². The zero-order valence-corrected chi connectivity index (χ0v) is 12.4. The van der Waals surface area contributed by atoms with Crippen molar-refractivity contribution in [2.45, 2.75) is 32.1 Å². The number of halogens is 2. The van der Waals surface area contributed by atoms with E-state index in [0.29, 0.717) is 17.0 Å². The van der Waals surface area contributed by atoms with E-state index in [0.717, 1.165) is 18.4 Å². The van der Waals surface area contributed by atoms with Gasteiger partial charge in [0.1, 0.15) is 11.6 Å². The molecule has 0 spiro atoms. The SMILES string of the molecule is O=C(Cc1ccc2c(c1)CCC2)Cc1ccc(F)cc1Cl. The Morgan fingerprint density at radius 3 is 2.67 bits per heavy atom. The molecule has 0 N–H and O–H groups in total. The molecule has 0 fully saturated rings. The van der Waals surface area contributed by atoms with Crippen molar-refractivity contribution in [1.82, 2.24) is 0 Å². The fraction of sp³-hybridized carbons (Fsp3) is 0.278. The highest BCUT2D eigenvalue weighted by atomic mass is 35.5. The molecule has 2 aromatic rings. The van der Waals surface area contributed by atoms with Crippen LogP contribution < -0.4 is 0 Å². The molecule has 0 saturated carbocycles. The van der Waals surface area contributed by atoms with Gasteiger partial charge in [-0.2, -0.15) is 0 Å². The normalized spacial score (nSPS) is 13.2. The van der Waals surface area contributed by atoms with Crippen molar-refractivity contribution in [3.8, 4) is 0 Å². The van der Waals surface area contributed by atoms with Crippen molar-refractivity contribution < 1.29 is 9.18 Å². The zero-order chi connectivity index (χ0) is 14.8. The first-order chi connectivity index (χ1) is 10.1. The Hall–Kier alpha value is -1.67. The number of hydrogen-bond donors (Lipinski definition) is 0. The van der Waals surface area contributed by atoms with Crippen LogP contribution in [0.1, 0.15) is 28.7 Å². The molecular weight excluding hydrogens is 287 g/mol. The average Bonchev–Trinajstić information content (AvgIpc) is 2.89. The maximum Gasteiger partial charge on any atom is 0.141 e. The molecule has 3 heteroatoms. The summed E-state index contributed by atoms with van der Waals surface area (Å²) in [5, 5.41) is 0.317. The number of Topliss-reactive ketones (excluding diaryl/α,β-unsaturated/α-hetero) is 1. The van der Waals surface area contributed by atoms with E-state index < -0.39 is 0 Å². The van der Waals surface area contributed by atoms with Crippen LogP contribution in [0.5, 0.6) is 0 Å². The molecule has 21 heavy (non-hydrogen) atoms. The highest BCUT2D eigenvalue weighted by Crippen LogP contribution is 2.23. The molecule has 0 amide bonds. The molecule has 0 aromatic heterocycles. The monoisotopic (exact) mass is 302 g/mol. The summed E-state index contributed by atoms with van der Waals surface area (Å²) in [5.74, 6) is -0.281. The van der Waals surface area contributed by atoms with Gasteiger partial charge in [-0.3, -0.25) is 4.79 Å². The topological polar surface area (TPSA) is 17.1 Å². The smallest absolute Gasteiger partial charge is 0.141 e. The molecule has 0 saturated heterocycles. The number of fused-ring (bicyclic) bond motifs is 1. The second-order valence-electron chi connectivity index (χ2n) is 5.58. The molecule has 2 aromatic carbocycles. The molecule has 0 heterocycles. The van der Waals surface area contributed by atoms with Crippen molar-refractivity contribution in [3.05, 3.63) is 69.5 Å². The summed E-state index contributed by atoms with van der Waals surface area (Å²) in [5.41, 5.74) is 4.52. The third-order valence-electron chi connectivity index (χ3n) is 3.97. The van der Waals surface area contributed by atoms with Crippen LogP contribution in [0, 0.1) is 5.82 Å². The molecule has 3 rings (SSSR count). The first-order valence-electron chi connectivity index (χ1n) is 7.18. The van der Waals surface area contributed by atoms with Gasteiger partial charge in [-0.15, -0.1) is 0 Å². The fourth-order valence-corrected chi connectivity index (χ4v) is 3.14. The highest BCUT2D eigenvalue weighted by Gasteiger charge is 2.13. The van der Waals surface area contributed by atoms with E-state index in [1.165, 1.54) is 29.7 Å². The van der Waals surface area contributed by atoms with Gasteiger partial charge in [0.05, 0.1) is 0 Å². The van der Waals surface area contributed by atoms with Crippen LogP contribution in [-0.2, 0) is 30.5 Å². The number of benzene rings is 2. The van der Waals surface area contributed by atoms with E-state index in [9.17, 15) is 9.18 Å². The van der Waals surface area contributed by atoms with E-state index >= 15 is 0 Å². The molecular formula is C18H16ClFO. The molecule has 0 bridgehead atoms. The number of aryl methyl sites for hydroxylation is 2. The van der Waals surface area contributed by atoms with Gasteiger partial charge < -0.3 is 0 Å². The highest BCUT2D eigenvalue weighted by molar-refractivity contribution is 6.31. The second kappa shape index (κ2) is 5.98. The van der Waals surface area contributed by atoms with Crippen molar-refractivity contribution in [3.63, 3.8) is 0 Å². The molecule has 0 unspecified atom stereocenters. The lowest BCUT2D eigenvalue weighted by Crippen LogP contribution is -2.07. The van der Waals surface area contributed by atoms with Gasteiger partial charge >= 0.3 is 0 Å². The summed E-state index contributed by atoms with van der Waals surface area (Å²) in [7, 11) is 0. The van der Waals surface area contributed by atoms with Crippen LogP contribution in [0.15, 0.2) is 36.4 Å². The van der Waals surface area contributed by atoms with E-state index in [-0.39, 0.29) is 18.0 Å². The van der Waals surface area contributed by atoms with Crippen molar-refractivity contribution >= 4 is 17.4 Å². The summed E-state index contributed by atoms with van der Waals surface area (Å²) in [6.07, 6.45) is 4.12. The minimum Gasteiger partial charge on any atom is -0.299 e. The standard InChI is InChI=1S/C18H16ClFO/c19-18-11-16(20)7-6-15(18)10-17(21)9-12-4-5-13-2-1-3-14(13)8-12/h4-8,11H,1-3,9-10H2. The van der Waals surface area contributed by atoms with E-state index in [1.807, 2.05) is 6.07 Å². The maximum absolute atomic E-state index is 13.0. The lowest BCUT2D eigenvalue weighted by molar-refractivity contribution is -0.117. The Kier molecular flexibility index (Phi) is 4.07. The van der Waals surface area contributed by atoms with Gasteiger partial charge in [0.15, 0.2) is 0 Å². The quantitative estimate of drug-likeness (QED) is 0.822. The number of rotatable bonds is 4. The van der Waals surface area contributed by atoms with Crippen LogP contribution in [-0.4, -0.2) is 5.78 Å². The third kappa shape index (κ3) is 3.33. The van der Waals surface area contributed by atoms with Gasteiger partial charge in [0, 0.05) is 17.9 Å². The largest absolute Gasteiger partial charge is 0.299 e. The average molecular weight is 303 g/mol. The van der Waals surface area contributed by atoms with Crippen molar-refractivity contribution in [2.75, 3.05) is 0 Å². The first-order valence-corrected chi connectivity index (χ1v) is 7.56. The lowest BCUT2D eigenvalue weighted by Gasteiger charge is -2.06. The Morgan fingerprint density at radius 1 is 1.05 bits per heavy atom. The zero-order valence-electron chi connectivity index (χ0n) is 11.7. The Morgan fingerprint density at radius 2 is 1.86 bits per heavy atom. The van der Waals surface area contributed by atoms with Crippen LogP contribution >= 0.6 is 11.6 Å². The molecule has 108 valence electrons. The van der Waals surface area contributed by atoms with E-state index in [1.54, 1.807) is 6.07 Å². The number of carbonyl (C=O) groups excluding carboxylic acids is 1. The Labute approximate surface area is 128 Å². The molecule has 0 atom stereocenters. The number of carbonyl (C=O) groups is 1. The molecule has 0 aliphatic heterocycles. The second-order valence-corrected chi connectivity index (χ2v) is 5.99. The minimum atomic E-state index is -0.380. The first kappa shape index (κ1) is 14.3. The van der Waals surface area contributed by atoms with E-state index in [2.05, 4.69) is 12.1 Å². The molecule has 0 radical (unpaired) electrons. The summed E-state index contributed by atoms with van der Waals surface area (Å²) < 4.78 is 13.0. The molecule has 1 nitrogen and oxygen atoms in total. The molecule has 1 aliphatic rings. The van der Waals surface area contributed by atoms with Gasteiger partial charge in [-0.1, -0.05) is 35.9 Å². The van der Waals surface area contributed by atoms with Crippen LogP contribution in [0.25, 0.3) is 0 Å². The fourth-order valence-electron chi connectivity index (χ4n) is 2.90. The van der Waals surface area contributed by atoms with Gasteiger partial charge in [0.25, 0.3) is 0 Å². The van der Waals surface area contributed by atoms with Crippen LogP contribution in [0.4, 0.5) is 4.39 Å². The van der Waals surface area contributed by atoms with Gasteiger partial charge in [-0.05, 0) is 53.6 Å². The maximum atomic E-state index is 13.0. The van der Waals surface area contributed by atoms with Gasteiger partial charge in [-0.25, -0.2) is 4.39 Å². The predicted molar refractivity (Wildman–Crippen MR) is 82.3 cm³/mol. The van der Waals surface area contributed by atoms with Gasteiger partial charge in [0.2, 0.25) is 0 Å². The third-order valence-corrected chi connectivity index (χ3v) is 4.32. The predicted octanol–water partition coefficient (Wildman–Crippen LogP) is 4.32.